The van der Waals surface area contributed by atoms with Crippen LogP contribution in [0.1, 0.15) is 56.6 Å². The first-order chi connectivity index (χ1) is 21.5. The maximum atomic E-state index is 13.9. The second-order valence-corrected chi connectivity index (χ2v) is 11.0. The van der Waals surface area contributed by atoms with E-state index < -0.39 is 23.5 Å². The lowest BCUT2D eigenvalue weighted by atomic mass is 9.92. The molecule has 2 amide bonds. The summed E-state index contributed by atoms with van der Waals surface area (Å²) in [5.41, 5.74) is -0.316. The molecule has 0 atom stereocenters. The topological polar surface area (TPSA) is 104 Å². The van der Waals surface area contributed by atoms with Gasteiger partial charge < -0.3 is 19.7 Å². The number of likely N-dealkylation sites (tertiary alicyclic amines) is 1. The predicted molar refractivity (Wildman–Crippen MR) is 159 cm³/mol. The molecule has 1 N–H and O–H groups in total. The van der Waals surface area contributed by atoms with E-state index in [2.05, 4.69) is 17.0 Å². The number of amides is 2. The number of piperidine rings is 1. The Morgan fingerprint density at radius 2 is 1.58 bits per heavy atom. The molecule has 1 saturated heterocycles. The van der Waals surface area contributed by atoms with Gasteiger partial charge in [0.2, 0.25) is 5.91 Å². The van der Waals surface area contributed by atoms with Crippen molar-refractivity contribution >= 4 is 18.5 Å². The van der Waals surface area contributed by atoms with Crippen LogP contribution >= 0.6 is 0 Å². The van der Waals surface area contributed by atoms with Gasteiger partial charge in [0.1, 0.15) is 35.2 Å². The van der Waals surface area contributed by atoms with Gasteiger partial charge in [-0.1, -0.05) is 6.08 Å². The molecular weight excluding hydrogens is 592 g/mol. The van der Waals surface area contributed by atoms with Gasteiger partial charge in [0.15, 0.2) is 0 Å². The normalized spacial score (nSPS) is 19.8. The van der Waals surface area contributed by atoms with Gasteiger partial charge in [-0.2, -0.15) is 18.4 Å². The minimum Gasteiger partial charge on any atom is -0.490 e. The van der Waals surface area contributed by atoms with Crippen molar-refractivity contribution < 1.29 is 36.6 Å². The molecule has 1 saturated carbocycles. The largest absolute Gasteiger partial charge is 0.490 e. The van der Waals surface area contributed by atoms with Crippen LogP contribution < -0.4 is 14.8 Å². The van der Waals surface area contributed by atoms with Crippen LogP contribution in [0.5, 0.6) is 11.5 Å². The number of benzene rings is 2. The maximum absolute atomic E-state index is 13.9. The van der Waals surface area contributed by atoms with Gasteiger partial charge in [-0.15, -0.1) is 0 Å². The molecule has 0 unspecified atom stereocenters. The number of nitrogens with zero attached hydrogens (tertiary/aromatic N) is 3. The van der Waals surface area contributed by atoms with E-state index in [9.17, 15) is 27.2 Å². The maximum Gasteiger partial charge on any atom is 0.416 e. The van der Waals surface area contributed by atoms with E-state index in [0.29, 0.717) is 68.7 Å². The lowest BCUT2D eigenvalue weighted by Crippen LogP contribution is -2.42. The fraction of sp³-hybridized carbons (Fsp3) is 0.394. The average molecular weight is 627 g/mol. The van der Waals surface area contributed by atoms with Crippen LogP contribution in [0.25, 0.3) is 0 Å². The average Bonchev–Trinajstić information content (AvgIpc) is 3.02. The van der Waals surface area contributed by atoms with Crippen LogP contribution in [-0.2, 0) is 15.8 Å². The van der Waals surface area contributed by atoms with Gasteiger partial charge in [-0.3, -0.25) is 14.6 Å². The van der Waals surface area contributed by atoms with Gasteiger partial charge in [-0.25, -0.2) is 4.39 Å². The Labute approximate surface area is 259 Å². The minimum absolute atomic E-state index is 0.0461. The second-order valence-electron chi connectivity index (χ2n) is 11.0. The molecule has 238 valence electrons. The summed E-state index contributed by atoms with van der Waals surface area (Å²) in [5, 5.41) is 11.8. The fourth-order valence-corrected chi connectivity index (χ4v) is 5.25. The van der Waals surface area contributed by atoms with E-state index in [0.717, 1.165) is 12.1 Å². The molecule has 8 nitrogen and oxygen atoms in total. The SMILES string of the molecule is C=N/C(=C\C=C(/C)C(=O)N1CCC(Oc2ccc(C(F)(F)F)cc2)CC1)C(=O)NC1CCC(Oc2ccc(C#N)c(F)c2)CC1. The number of halogens is 4. The van der Waals surface area contributed by atoms with Crippen molar-refractivity contribution in [3.05, 3.63) is 82.8 Å². The number of ether oxygens (including phenoxy) is 2. The zero-order chi connectivity index (χ0) is 32.6. The Balaban J connectivity index is 1.22. The van der Waals surface area contributed by atoms with Crippen molar-refractivity contribution in [1.29, 1.82) is 5.26 Å². The molecule has 2 aromatic carbocycles. The Hall–Kier alpha value is -4.66. The Morgan fingerprint density at radius 3 is 2.16 bits per heavy atom. The molecule has 2 fully saturated rings. The third-order valence-electron chi connectivity index (χ3n) is 7.82. The first kappa shape index (κ1) is 33.2. The van der Waals surface area contributed by atoms with Crippen LogP contribution in [0, 0.1) is 17.1 Å². The van der Waals surface area contributed by atoms with Crippen LogP contribution in [0.4, 0.5) is 17.6 Å². The zero-order valence-corrected chi connectivity index (χ0v) is 24.8. The number of hydrogen-bond acceptors (Lipinski definition) is 6. The molecule has 0 spiro atoms. The predicted octanol–water partition coefficient (Wildman–Crippen LogP) is 6.12. The molecule has 4 rings (SSSR count). The molecular formula is C33H34F4N4O4. The summed E-state index contributed by atoms with van der Waals surface area (Å²) < 4.78 is 63.9. The highest BCUT2D eigenvalue weighted by Crippen LogP contribution is 2.31. The van der Waals surface area contributed by atoms with Crippen molar-refractivity contribution in [1.82, 2.24) is 10.2 Å². The third kappa shape index (κ3) is 9.17. The van der Waals surface area contributed by atoms with Crippen LogP contribution in [0.15, 0.2) is 70.9 Å². The summed E-state index contributed by atoms with van der Waals surface area (Å²) in [7, 11) is 0. The van der Waals surface area contributed by atoms with Gasteiger partial charge in [0.25, 0.3) is 5.91 Å². The summed E-state index contributed by atoms with van der Waals surface area (Å²) in [6, 6.07) is 10.3. The highest BCUT2D eigenvalue weighted by molar-refractivity contribution is 5.96. The van der Waals surface area contributed by atoms with Crippen molar-refractivity contribution in [2.24, 2.45) is 4.99 Å². The van der Waals surface area contributed by atoms with E-state index in [1.165, 1.54) is 36.4 Å². The Bertz CT molecular complexity index is 1480. The first-order valence-corrected chi connectivity index (χ1v) is 14.6. The summed E-state index contributed by atoms with van der Waals surface area (Å²) in [4.78, 5) is 31.3. The van der Waals surface area contributed by atoms with Gasteiger partial charge >= 0.3 is 6.18 Å². The van der Waals surface area contributed by atoms with Crippen molar-refractivity contribution in [2.45, 2.75) is 69.9 Å². The van der Waals surface area contributed by atoms with E-state index >= 15 is 0 Å². The molecule has 1 aliphatic carbocycles. The number of nitriles is 1. The van der Waals surface area contributed by atoms with Crippen molar-refractivity contribution in [2.75, 3.05) is 13.1 Å². The molecule has 45 heavy (non-hydrogen) atoms. The summed E-state index contributed by atoms with van der Waals surface area (Å²) in [6.07, 6.45) is 1.82. The molecule has 0 bridgehead atoms. The highest BCUT2D eigenvalue weighted by Gasteiger charge is 2.30. The summed E-state index contributed by atoms with van der Waals surface area (Å²) >= 11 is 0. The van der Waals surface area contributed by atoms with Gasteiger partial charge in [0.05, 0.1) is 17.2 Å². The lowest BCUT2D eigenvalue weighted by molar-refractivity contribution is -0.137. The minimum atomic E-state index is -4.41. The van der Waals surface area contributed by atoms with Crippen molar-refractivity contribution in [3.8, 4) is 17.6 Å². The molecule has 12 heteroatoms. The monoisotopic (exact) mass is 626 g/mol. The van der Waals surface area contributed by atoms with Gasteiger partial charge in [-0.05, 0) is 81.8 Å². The molecule has 0 radical (unpaired) electrons. The number of nitrogens with one attached hydrogen (secondary N) is 1. The Morgan fingerprint density at radius 1 is 0.978 bits per heavy atom. The van der Waals surface area contributed by atoms with E-state index in [1.807, 2.05) is 0 Å². The van der Waals surface area contributed by atoms with E-state index in [-0.39, 0.29) is 35.4 Å². The number of rotatable bonds is 9. The number of hydrogen-bond donors (Lipinski definition) is 1. The molecule has 1 aliphatic heterocycles. The highest BCUT2D eigenvalue weighted by atomic mass is 19.4. The molecule has 2 aliphatic rings. The van der Waals surface area contributed by atoms with Crippen LogP contribution in [-0.4, -0.2) is 54.8 Å². The molecule has 2 aromatic rings. The lowest BCUT2D eigenvalue weighted by Gasteiger charge is -2.32. The van der Waals surface area contributed by atoms with Crippen LogP contribution in [0.3, 0.4) is 0 Å². The molecule has 0 aromatic heterocycles. The number of alkyl halides is 3. The van der Waals surface area contributed by atoms with E-state index in [1.54, 1.807) is 24.0 Å². The van der Waals surface area contributed by atoms with E-state index in [4.69, 9.17) is 14.7 Å². The number of aliphatic imine (C=N–C) groups is 1. The number of allylic oxidation sites excluding steroid dienone is 2. The van der Waals surface area contributed by atoms with Crippen molar-refractivity contribution in [3.63, 3.8) is 0 Å². The first-order valence-electron chi connectivity index (χ1n) is 14.6. The summed E-state index contributed by atoms with van der Waals surface area (Å²) in [5.74, 6) is -0.553. The molecule has 1 heterocycles. The number of carbonyl (C=O) groups excluding carboxylic acids is 2. The van der Waals surface area contributed by atoms with Gasteiger partial charge in [0, 0.05) is 43.6 Å². The Kier molecular flexibility index (Phi) is 11.0. The summed E-state index contributed by atoms with van der Waals surface area (Å²) in [6.45, 7) is 5.95. The number of carbonyl (C=O) groups is 2. The fourth-order valence-electron chi connectivity index (χ4n) is 5.25. The van der Waals surface area contributed by atoms with Crippen LogP contribution in [0.2, 0.25) is 0 Å². The third-order valence-corrected chi connectivity index (χ3v) is 7.82. The standard InChI is InChI=1S/C33H34F4N4O4/c1-21(32(43)41-17-15-27(16-18-41)44-25-10-5-23(6-11-25)33(35,36)37)3-14-30(39-2)31(42)40-24-7-12-26(13-8-24)45-28-9-4-22(20-38)29(34)19-28/h3-6,9-11,14,19,24,26-27H,2,7-8,12-13,15-18H2,1H3,(H,40,42)/b21-3+,30-14-. The second kappa shape index (κ2) is 14.9. The zero-order valence-electron chi connectivity index (χ0n) is 24.8. The smallest absolute Gasteiger partial charge is 0.416 e. The quantitative estimate of drug-likeness (QED) is 0.156.